The fourth-order valence-corrected chi connectivity index (χ4v) is 3.35. The van der Waals surface area contributed by atoms with Crippen molar-refractivity contribution in [2.45, 2.75) is 21.3 Å². The first kappa shape index (κ1) is 19.9. The predicted molar refractivity (Wildman–Crippen MR) is 105 cm³/mol. The molecule has 23 heavy (non-hydrogen) atoms. The first-order valence-corrected chi connectivity index (χ1v) is 8.33. The van der Waals surface area contributed by atoms with Crippen LogP contribution in [-0.4, -0.2) is 25.9 Å². The molecule has 5 nitrogen and oxygen atoms in total. The summed E-state index contributed by atoms with van der Waals surface area (Å²) in [6, 6.07) is 3.58. The minimum Gasteiger partial charge on any atom is -0.294 e. The molecule has 0 atom stereocenters. The summed E-state index contributed by atoms with van der Waals surface area (Å²) >= 11 is 4.18. The Balaban J connectivity index is 0.000000220. The van der Waals surface area contributed by atoms with Gasteiger partial charge < -0.3 is 0 Å². The van der Waals surface area contributed by atoms with Crippen LogP contribution >= 0.6 is 45.2 Å². The molecule has 3 heterocycles. The van der Waals surface area contributed by atoms with Gasteiger partial charge in [0.1, 0.15) is 0 Å². The average Bonchev–Trinajstić information content (AvgIpc) is 2.82. The van der Waals surface area contributed by atoms with E-state index in [4.69, 9.17) is 0 Å². The molecule has 0 radical (unpaired) electrons. The van der Waals surface area contributed by atoms with Crippen LogP contribution in [0.15, 0.2) is 24.5 Å². The standard InChI is InChI=1S/C7H5FINO.C7H6IN3.CH4/c1-4(11)6-5(9)2-3-10-7(6)8;1-4-6-5(8)2-3-9-7(6)11-10-4;/h2-3H,1H3;2-3H,1H3,(H,9,10,11);1H4. The van der Waals surface area contributed by atoms with Crippen LogP contribution < -0.4 is 0 Å². The highest BCUT2D eigenvalue weighted by Crippen LogP contribution is 2.19. The molecule has 1 N–H and O–H groups in total. The lowest BCUT2D eigenvalue weighted by atomic mass is 10.2. The van der Waals surface area contributed by atoms with Crippen molar-refractivity contribution in [3.8, 4) is 0 Å². The zero-order valence-electron chi connectivity index (χ0n) is 11.7. The number of nitrogens with one attached hydrogen (secondary N) is 1. The van der Waals surface area contributed by atoms with Crippen LogP contribution in [0.4, 0.5) is 4.39 Å². The van der Waals surface area contributed by atoms with Gasteiger partial charge in [0.2, 0.25) is 5.95 Å². The summed E-state index contributed by atoms with van der Waals surface area (Å²) in [4.78, 5) is 18.3. The predicted octanol–water partition coefficient (Wildman–Crippen LogP) is 4.53. The molecule has 3 rings (SSSR count). The summed E-state index contributed by atoms with van der Waals surface area (Å²) in [7, 11) is 0. The average molecular weight is 540 g/mol. The van der Waals surface area contributed by atoms with Crippen molar-refractivity contribution in [3.63, 3.8) is 0 Å². The van der Waals surface area contributed by atoms with Crippen LogP contribution in [0.5, 0.6) is 0 Å². The molecule has 3 aromatic rings. The van der Waals surface area contributed by atoms with Gasteiger partial charge in [-0.1, -0.05) is 7.43 Å². The van der Waals surface area contributed by atoms with Crippen LogP contribution in [0.2, 0.25) is 0 Å². The van der Waals surface area contributed by atoms with Crippen molar-refractivity contribution in [2.24, 2.45) is 0 Å². The lowest BCUT2D eigenvalue weighted by Crippen LogP contribution is -2.02. The monoisotopic (exact) mass is 540 g/mol. The highest BCUT2D eigenvalue weighted by atomic mass is 127. The van der Waals surface area contributed by atoms with Crippen molar-refractivity contribution in [2.75, 3.05) is 0 Å². The quantitative estimate of drug-likeness (QED) is 0.280. The second-order valence-corrected chi connectivity index (χ2v) is 6.68. The number of carbonyl (C=O) groups excluding carboxylic acids is 1. The smallest absolute Gasteiger partial charge is 0.224 e. The molecule has 0 spiro atoms. The number of fused-ring (bicyclic) bond motifs is 1. The topological polar surface area (TPSA) is 71.5 Å². The molecule has 3 aromatic heterocycles. The Kier molecular flexibility index (Phi) is 7.45. The van der Waals surface area contributed by atoms with Gasteiger partial charge in [0.25, 0.3) is 0 Å². The van der Waals surface area contributed by atoms with Gasteiger partial charge in [0.05, 0.1) is 10.9 Å². The van der Waals surface area contributed by atoms with Gasteiger partial charge in [-0.25, -0.2) is 9.97 Å². The molecule has 0 saturated heterocycles. The van der Waals surface area contributed by atoms with Crippen LogP contribution in [0.1, 0.15) is 30.4 Å². The maximum absolute atomic E-state index is 12.8. The van der Waals surface area contributed by atoms with Crippen molar-refractivity contribution in [1.29, 1.82) is 0 Å². The Bertz CT molecular complexity index is 815. The van der Waals surface area contributed by atoms with Gasteiger partial charge in [-0.05, 0) is 71.2 Å². The van der Waals surface area contributed by atoms with Crippen LogP contribution in [0, 0.1) is 20.0 Å². The number of carbonyl (C=O) groups is 1. The van der Waals surface area contributed by atoms with Gasteiger partial charge in [0.15, 0.2) is 11.4 Å². The van der Waals surface area contributed by atoms with Crippen molar-refractivity contribution < 1.29 is 9.18 Å². The molecular formula is C15H15FI2N4O. The van der Waals surface area contributed by atoms with Crippen LogP contribution in [0.3, 0.4) is 0 Å². The lowest BCUT2D eigenvalue weighted by molar-refractivity contribution is 0.101. The van der Waals surface area contributed by atoms with Gasteiger partial charge in [0, 0.05) is 25.2 Å². The fourth-order valence-electron chi connectivity index (χ4n) is 1.78. The Hall–Kier alpha value is -1.17. The zero-order chi connectivity index (χ0) is 16.3. The van der Waals surface area contributed by atoms with Gasteiger partial charge >= 0.3 is 0 Å². The largest absolute Gasteiger partial charge is 0.294 e. The number of halogens is 3. The minimum atomic E-state index is -0.690. The lowest BCUT2D eigenvalue weighted by Gasteiger charge is -1.98. The van der Waals surface area contributed by atoms with E-state index in [9.17, 15) is 9.18 Å². The number of nitrogens with zero attached hydrogens (tertiary/aromatic N) is 3. The number of ketones is 1. The van der Waals surface area contributed by atoms with E-state index >= 15 is 0 Å². The van der Waals surface area contributed by atoms with Gasteiger partial charge in [-0.3, -0.25) is 9.89 Å². The van der Waals surface area contributed by atoms with E-state index in [1.807, 2.05) is 35.6 Å². The maximum Gasteiger partial charge on any atom is 0.224 e. The molecule has 0 aliphatic rings. The summed E-state index contributed by atoms with van der Waals surface area (Å²) in [6.45, 7) is 3.32. The third-order valence-corrected chi connectivity index (χ3v) is 4.59. The minimum absolute atomic E-state index is 0. The van der Waals surface area contributed by atoms with E-state index < -0.39 is 5.95 Å². The Morgan fingerprint density at radius 1 is 1.17 bits per heavy atom. The zero-order valence-corrected chi connectivity index (χ0v) is 16.0. The number of aromatic nitrogens is 4. The SMILES string of the molecule is C.CC(=O)c1c(I)ccnc1F.Cc1[nH]nc2nccc(I)c12. The molecule has 8 heteroatoms. The molecule has 0 aromatic carbocycles. The molecule has 0 aliphatic heterocycles. The molecule has 0 amide bonds. The summed E-state index contributed by atoms with van der Waals surface area (Å²) in [6.07, 6.45) is 3.11. The molecule has 0 fully saturated rings. The molecule has 0 saturated carbocycles. The molecule has 0 unspecified atom stereocenters. The van der Waals surface area contributed by atoms with E-state index in [1.54, 1.807) is 12.3 Å². The van der Waals surface area contributed by atoms with Crippen molar-refractivity contribution in [3.05, 3.63) is 48.9 Å². The van der Waals surface area contributed by atoms with E-state index in [1.165, 1.54) is 16.7 Å². The first-order valence-electron chi connectivity index (χ1n) is 6.18. The number of hydrogen-bond acceptors (Lipinski definition) is 4. The first-order chi connectivity index (χ1) is 10.4. The Morgan fingerprint density at radius 3 is 2.30 bits per heavy atom. The number of hydrogen-bond donors (Lipinski definition) is 1. The molecule has 0 bridgehead atoms. The summed E-state index contributed by atoms with van der Waals surface area (Å²) in [5, 5.41) is 8.07. The van der Waals surface area contributed by atoms with Crippen LogP contribution in [-0.2, 0) is 0 Å². The second-order valence-electron chi connectivity index (χ2n) is 4.35. The number of aryl methyl sites for hydroxylation is 1. The second kappa shape index (κ2) is 8.62. The Labute approximate surface area is 160 Å². The molecule has 122 valence electrons. The number of Topliss-reactive ketones (excluding diaryl/α,β-unsaturated/α-hetero) is 1. The Morgan fingerprint density at radius 2 is 1.78 bits per heavy atom. The number of H-pyrrole nitrogens is 1. The third-order valence-electron chi connectivity index (χ3n) is 2.79. The van der Waals surface area contributed by atoms with E-state index in [2.05, 4.69) is 42.8 Å². The normalized spacial score (nSPS) is 9.78. The molecule has 0 aliphatic carbocycles. The van der Waals surface area contributed by atoms with Crippen LogP contribution in [0.25, 0.3) is 11.0 Å². The van der Waals surface area contributed by atoms with Gasteiger partial charge in [-0.15, -0.1) is 0 Å². The van der Waals surface area contributed by atoms with Crippen molar-refractivity contribution in [1.82, 2.24) is 20.2 Å². The van der Waals surface area contributed by atoms with E-state index in [0.717, 1.165) is 16.7 Å². The molecular weight excluding hydrogens is 525 g/mol. The summed E-state index contributed by atoms with van der Waals surface area (Å²) in [5.74, 6) is -0.982. The summed E-state index contributed by atoms with van der Waals surface area (Å²) < 4.78 is 14.6. The van der Waals surface area contributed by atoms with E-state index in [-0.39, 0.29) is 18.8 Å². The van der Waals surface area contributed by atoms with E-state index in [0.29, 0.717) is 3.57 Å². The summed E-state index contributed by atoms with van der Waals surface area (Å²) in [5.41, 5.74) is 1.96. The van der Waals surface area contributed by atoms with Crippen molar-refractivity contribution >= 4 is 62.0 Å². The number of rotatable bonds is 1. The number of pyridine rings is 2. The van der Waals surface area contributed by atoms with Gasteiger partial charge in [-0.2, -0.15) is 9.49 Å². The highest BCUT2D eigenvalue weighted by Gasteiger charge is 2.11. The fraction of sp³-hybridized carbons (Fsp3) is 0.200. The highest BCUT2D eigenvalue weighted by molar-refractivity contribution is 14.1. The maximum atomic E-state index is 12.8. The number of aromatic amines is 1. The third kappa shape index (κ3) is 4.66.